The molecule has 0 spiro atoms. The minimum absolute atomic E-state index is 0.0627. The molecule has 3 rings (SSSR count). The van der Waals surface area contributed by atoms with Crippen LogP contribution in [0, 0.1) is 0 Å². The van der Waals surface area contributed by atoms with Gasteiger partial charge >= 0.3 is 12.4 Å². The maximum Gasteiger partial charge on any atom is 0.435 e. The van der Waals surface area contributed by atoms with Gasteiger partial charge in [-0.05, 0) is 42.5 Å². The van der Waals surface area contributed by atoms with Crippen molar-refractivity contribution in [2.45, 2.75) is 12.4 Å². The van der Waals surface area contributed by atoms with E-state index in [2.05, 4.69) is 10.4 Å². The molecule has 32 heavy (non-hydrogen) atoms. The Morgan fingerprint density at radius 2 is 1.50 bits per heavy atom. The Morgan fingerprint density at radius 3 is 2.03 bits per heavy atom. The summed E-state index contributed by atoms with van der Waals surface area (Å²) in [5.74, 6) is 0.175. The van der Waals surface area contributed by atoms with Gasteiger partial charge in [-0.25, -0.2) is 4.68 Å². The van der Waals surface area contributed by atoms with E-state index in [4.69, 9.17) is 9.47 Å². The summed E-state index contributed by atoms with van der Waals surface area (Å²) in [6, 6.07) is 9.05. The van der Waals surface area contributed by atoms with Crippen molar-refractivity contribution in [3.05, 3.63) is 65.5 Å². The van der Waals surface area contributed by atoms with E-state index < -0.39 is 29.6 Å². The van der Waals surface area contributed by atoms with Crippen LogP contribution in [0.1, 0.15) is 21.7 Å². The molecule has 0 aliphatic carbocycles. The maximum absolute atomic E-state index is 13.2. The van der Waals surface area contributed by atoms with Crippen LogP contribution in [-0.4, -0.2) is 29.9 Å². The van der Waals surface area contributed by atoms with E-state index in [1.807, 2.05) is 0 Å². The lowest BCUT2D eigenvalue weighted by Gasteiger charge is -2.12. The van der Waals surface area contributed by atoms with Crippen LogP contribution >= 0.6 is 0 Å². The number of nitrogens with zero attached hydrogens (tertiary/aromatic N) is 2. The number of halogens is 6. The summed E-state index contributed by atoms with van der Waals surface area (Å²) >= 11 is 0. The third-order valence-electron chi connectivity index (χ3n) is 4.31. The fraction of sp³-hybridized carbons (Fsp3) is 0.200. The largest absolute Gasteiger partial charge is 0.493 e. The number of ether oxygens (including phenoxy) is 2. The summed E-state index contributed by atoms with van der Waals surface area (Å²) in [5, 5.41) is 5.58. The van der Waals surface area contributed by atoms with Crippen LogP contribution in [0.2, 0.25) is 0 Å². The predicted molar refractivity (Wildman–Crippen MR) is 101 cm³/mol. The summed E-state index contributed by atoms with van der Waals surface area (Å²) in [5.41, 5.74) is -3.10. The molecule has 0 fully saturated rings. The molecule has 2 aromatic carbocycles. The second-order valence-corrected chi connectivity index (χ2v) is 6.39. The Balaban J connectivity index is 1.86. The molecule has 0 aliphatic rings. The second-order valence-electron chi connectivity index (χ2n) is 6.39. The number of alkyl halides is 6. The molecule has 0 radical (unpaired) electrons. The number of methoxy groups -OCH3 is 2. The molecule has 12 heteroatoms. The molecule has 0 atom stereocenters. The van der Waals surface area contributed by atoms with Crippen molar-refractivity contribution in [3.8, 4) is 17.2 Å². The molecular formula is C20H15F6N3O3. The minimum atomic E-state index is -5.06. The molecule has 1 heterocycles. The topological polar surface area (TPSA) is 65.4 Å². The Labute approximate surface area is 177 Å². The highest BCUT2D eigenvalue weighted by Gasteiger charge is 2.42. The van der Waals surface area contributed by atoms with Gasteiger partial charge in [-0.15, -0.1) is 0 Å². The average molecular weight is 459 g/mol. The van der Waals surface area contributed by atoms with Gasteiger partial charge in [0, 0.05) is 17.3 Å². The number of aromatic nitrogens is 2. The van der Waals surface area contributed by atoms with Crippen LogP contribution in [0.4, 0.5) is 32.0 Å². The molecule has 0 unspecified atom stereocenters. The van der Waals surface area contributed by atoms with E-state index in [1.54, 1.807) is 0 Å². The molecule has 1 N–H and O–H groups in total. The summed E-state index contributed by atoms with van der Waals surface area (Å²) in [7, 11) is 2.83. The molecule has 3 aromatic rings. The van der Waals surface area contributed by atoms with Crippen LogP contribution in [0.15, 0.2) is 48.5 Å². The predicted octanol–water partition coefficient (Wildman–Crippen LogP) is 5.18. The number of anilines is 1. The van der Waals surface area contributed by atoms with Crippen molar-refractivity contribution >= 4 is 11.6 Å². The first kappa shape index (κ1) is 23.0. The average Bonchev–Trinajstić information content (AvgIpc) is 3.20. The third-order valence-corrected chi connectivity index (χ3v) is 4.31. The zero-order valence-corrected chi connectivity index (χ0v) is 16.5. The summed E-state index contributed by atoms with van der Waals surface area (Å²) in [6.07, 6.45) is -10.1. The molecule has 1 amide bonds. The number of hydrogen-bond donors (Lipinski definition) is 1. The van der Waals surface area contributed by atoms with E-state index >= 15 is 0 Å². The van der Waals surface area contributed by atoms with Crippen molar-refractivity contribution < 1.29 is 40.6 Å². The summed E-state index contributed by atoms with van der Waals surface area (Å²) in [6.45, 7) is 0. The van der Waals surface area contributed by atoms with Crippen molar-refractivity contribution in [3.63, 3.8) is 0 Å². The molecule has 0 aliphatic heterocycles. The molecule has 1 aromatic heterocycles. The van der Waals surface area contributed by atoms with Crippen molar-refractivity contribution in [2.75, 3.05) is 19.5 Å². The number of benzene rings is 2. The number of hydrogen-bond acceptors (Lipinski definition) is 4. The Morgan fingerprint density at radius 1 is 0.875 bits per heavy atom. The van der Waals surface area contributed by atoms with Crippen LogP contribution in [0.5, 0.6) is 11.5 Å². The van der Waals surface area contributed by atoms with Crippen molar-refractivity contribution in [2.24, 2.45) is 0 Å². The number of amides is 1. The zero-order valence-electron chi connectivity index (χ0n) is 16.5. The molecular weight excluding hydrogens is 444 g/mol. The van der Waals surface area contributed by atoms with Gasteiger partial charge in [0.05, 0.1) is 19.9 Å². The van der Waals surface area contributed by atoms with Crippen LogP contribution in [0.3, 0.4) is 0 Å². The van der Waals surface area contributed by atoms with Gasteiger partial charge in [-0.1, -0.05) is 0 Å². The van der Waals surface area contributed by atoms with Gasteiger partial charge in [0.25, 0.3) is 5.91 Å². The summed E-state index contributed by atoms with van der Waals surface area (Å²) in [4.78, 5) is 12.4. The molecule has 170 valence electrons. The zero-order chi connectivity index (χ0) is 23.7. The SMILES string of the molecule is COc1ccc(C(=O)Nc2ccc(-n3nc(C(F)(F)F)cc3C(F)(F)F)cc2)cc1OC. The normalized spacial score (nSPS) is 11.9. The second kappa shape index (κ2) is 8.44. The smallest absolute Gasteiger partial charge is 0.435 e. The van der Waals surface area contributed by atoms with Gasteiger partial charge in [0.15, 0.2) is 17.2 Å². The molecule has 0 saturated heterocycles. The van der Waals surface area contributed by atoms with E-state index in [9.17, 15) is 31.1 Å². The number of carbonyl (C=O) groups is 1. The fourth-order valence-electron chi connectivity index (χ4n) is 2.79. The first-order valence-electron chi connectivity index (χ1n) is 8.82. The fourth-order valence-corrected chi connectivity index (χ4v) is 2.79. The van der Waals surface area contributed by atoms with Gasteiger partial charge in [-0.3, -0.25) is 4.79 Å². The third kappa shape index (κ3) is 4.79. The Bertz CT molecular complexity index is 1120. The van der Waals surface area contributed by atoms with Crippen LogP contribution < -0.4 is 14.8 Å². The number of nitrogens with one attached hydrogen (secondary N) is 1. The minimum Gasteiger partial charge on any atom is -0.493 e. The highest BCUT2D eigenvalue weighted by Crippen LogP contribution is 2.36. The first-order chi connectivity index (χ1) is 14.9. The van der Waals surface area contributed by atoms with Crippen molar-refractivity contribution in [1.82, 2.24) is 9.78 Å². The molecule has 0 bridgehead atoms. The lowest BCUT2D eigenvalue weighted by Crippen LogP contribution is -2.14. The van der Waals surface area contributed by atoms with E-state index in [0.29, 0.717) is 11.5 Å². The van der Waals surface area contributed by atoms with E-state index in [0.717, 1.165) is 12.1 Å². The Hall–Kier alpha value is -3.70. The van der Waals surface area contributed by atoms with Crippen LogP contribution in [-0.2, 0) is 12.4 Å². The summed E-state index contributed by atoms with van der Waals surface area (Å²) < 4.78 is 88.5. The van der Waals surface area contributed by atoms with Gasteiger partial charge in [0.2, 0.25) is 0 Å². The van der Waals surface area contributed by atoms with Gasteiger partial charge in [0.1, 0.15) is 5.69 Å². The number of carbonyl (C=O) groups excluding carboxylic acids is 1. The molecule has 6 nitrogen and oxygen atoms in total. The van der Waals surface area contributed by atoms with E-state index in [1.165, 1.54) is 44.6 Å². The number of rotatable bonds is 5. The van der Waals surface area contributed by atoms with Crippen molar-refractivity contribution in [1.29, 1.82) is 0 Å². The monoisotopic (exact) mass is 459 g/mol. The lowest BCUT2D eigenvalue weighted by molar-refractivity contribution is -0.143. The maximum atomic E-state index is 13.2. The van der Waals surface area contributed by atoms with Crippen LogP contribution in [0.25, 0.3) is 5.69 Å². The Kier molecular flexibility index (Phi) is 6.06. The van der Waals surface area contributed by atoms with E-state index in [-0.39, 0.29) is 27.7 Å². The highest BCUT2D eigenvalue weighted by molar-refractivity contribution is 6.04. The van der Waals surface area contributed by atoms with Gasteiger partial charge < -0.3 is 14.8 Å². The molecule has 0 saturated carbocycles. The first-order valence-corrected chi connectivity index (χ1v) is 8.82. The quantitative estimate of drug-likeness (QED) is 0.534. The van der Waals surface area contributed by atoms with Gasteiger partial charge in [-0.2, -0.15) is 31.4 Å². The highest BCUT2D eigenvalue weighted by atomic mass is 19.4. The lowest BCUT2D eigenvalue weighted by atomic mass is 10.1. The standard InChI is InChI=1S/C20H15F6N3O3/c1-31-14-8-3-11(9-15(14)32-2)18(30)27-12-4-6-13(7-5-12)29-17(20(24,25)26)10-16(28-29)19(21,22)23/h3-10H,1-2H3,(H,27,30).